The minimum Gasteiger partial charge on any atom is -0.326 e. The lowest BCUT2D eigenvalue weighted by molar-refractivity contribution is 0.190. The van der Waals surface area contributed by atoms with Crippen LogP contribution in [0.2, 0.25) is 0 Å². The standard InChI is InChI=1S/C11H22N2/c1-8-3-4-11(9(8)2)13-6-5-10(12)7-13/h8-11H,3-7,12H2,1-2H3. The zero-order valence-electron chi connectivity index (χ0n) is 8.87. The first-order chi connectivity index (χ1) is 6.18. The summed E-state index contributed by atoms with van der Waals surface area (Å²) in [7, 11) is 0. The highest BCUT2D eigenvalue weighted by Crippen LogP contribution is 2.35. The molecule has 1 aliphatic carbocycles. The average molecular weight is 182 g/mol. The van der Waals surface area contributed by atoms with Gasteiger partial charge in [0.2, 0.25) is 0 Å². The summed E-state index contributed by atoms with van der Waals surface area (Å²) in [5.74, 6) is 1.80. The van der Waals surface area contributed by atoms with Gasteiger partial charge in [-0.25, -0.2) is 0 Å². The maximum atomic E-state index is 5.93. The van der Waals surface area contributed by atoms with Crippen molar-refractivity contribution in [2.75, 3.05) is 13.1 Å². The van der Waals surface area contributed by atoms with E-state index in [1.165, 1.54) is 25.8 Å². The fourth-order valence-electron chi connectivity index (χ4n) is 2.97. The predicted molar refractivity (Wildman–Crippen MR) is 55.5 cm³/mol. The summed E-state index contributed by atoms with van der Waals surface area (Å²) in [6.45, 7) is 7.18. The van der Waals surface area contributed by atoms with Crippen LogP contribution >= 0.6 is 0 Å². The van der Waals surface area contributed by atoms with Gasteiger partial charge in [-0.2, -0.15) is 0 Å². The Morgan fingerprint density at radius 1 is 1.15 bits per heavy atom. The van der Waals surface area contributed by atoms with Gasteiger partial charge in [-0.15, -0.1) is 0 Å². The van der Waals surface area contributed by atoms with Crippen molar-refractivity contribution < 1.29 is 0 Å². The van der Waals surface area contributed by atoms with Crippen LogP contribution in [-0.2, 0) is 0 Å². The van der Waals surface area contributed by atoms with E-state index in [1.807, 2.05) is 0 Å². The van der Waals surface area contributed by atoms with Gasteiger partial charge >= 0.3 is 0 Å². The lowest BCUT2D eigenvalue weighted by Crippen LogP contribution is -2.37. The van der Waals surface area contributed by atoms with Gasteiger partial charge in [-0.1, -0.05) is 13.8 Å². The van der Waals surface area contributed by atoms with Crippen molar-refractivity contribution >= 4 is 0 Å². The van der Waals surface area contributed by atoms with Crippen LogP contribution in [0.5, 0.6) is 0 Å². The minimum absolute atomic E-state index is 0.447. The Kier molecular flexibility index (Phi) is 2.61. The molecule has 1 heterocycles. The average Bonchev–Trinajstić information content (AvgIpc) is 2.62. The molecule has 0 bridgehead atoms. The lowest BCUT2D eigenvalue weighted by Gasteiger charge is -2.28. The van der Waals surface area contributed by atoms with Gasteiger partial charge < -0.3 is 5.73 Å². The van der Waals surface area contributed by atoms with Crippen molar-refractivity contribution in [3.8, 4) is 0 Å². The Hall–Kier alpha value is -0.0800. The van der Waals surface area contributed by atoms with Gasteiger partial charge in [0, 0.05) is 25.2 Å². The molecule has 0 aromatic carbocycles. The molecule has 76 valence electrons. The fraction of sp³-hybridized carbons (Fsp3) is 1.00. The molecule has 2 aliphatic rings. The third-order valence-electron chi connectivity index (χ3n) is 4.15. The molecule has 1 saturated carbocycles. The van der Waals surface area contributed by atoms with Gasteiger partial charge in [-0.05, 0) is 31.1 Å². The van der Waals surface area contributed by atoms with Crippen molar-refractivity contribution in [1.29, 1.82) is 0 Å². The van der Waals surface area contributed by atoms with Gasteiger partial charge in [-0.3, -0.25) is 4.90 Å². The summed E-state index contributed by atoms with van der Waals surface area (Å²) < 4.78 is 0. The number of nitrogens with zero attached hydrogens (tertiary/aromatic N) is 1. The monoisotopic (exact) mass is 182 g/mol. The maximum absolute atomic E-state index is 5.93. The SMILES string of the molecule is CC1CCC(N2CCC(N)C2)C1C. The molecule has 0 amide bonds. The number of nitrogens with two attached hydrogens (primary N) is 1. The Labute approximate surface area is 81.5 Å². The largest absolute Gasteiger partial charge is 0.326 e. The van der Waals surface area contributed by atoms with E-state index < -0.39 is 0 Å². The molecule has 2 fully saturated rings. The highest BCUT2D eigenvalue weighted by atomic mass is 15.2. The molecule has 0 aromatic rings. The van der Waals surface area contributed by atoms with E-state index in [-0.39, 0.29) is 0 Å². The molecular formula is C11H22N2. The summed E-state index contributed by atoms with van der Waals surface area (Å²) in [5, 5.41) is 0. The van der Waals surface area contributed by atoms with Crippen molar-refractivity contribution in [3.63, 3.8) is 0 Å². The van der Waals surface area contributed by atoms with Crippen LogP contribution in [0.1, 0.15) is 33.1 Å². The molecule has 2 nitrogen and oxygen atoms in total. The van der Waals surface area contributed by atoms with E-state index >= 15 is 0 Å². The molecule has 1 saturated heterocycles. The van der Waals surface area contributed by atoms with Crippen molar-refractivity contribution in [2.24, 2.45) is 17.6 Å². The number of likely N-dealkylation sites (tertiary alicyclic amines) is 1. The first-order valence-electron chi connectivity index (χ1n) is 5.68. The zero-order valence-corrected chi connectivity index (χ0v) is 8.87. The second-order valence-electron chi connectivity index (χ2n) is 5.02. The first kappa shape index (κ1) is 9.47. The second kappa shape index (κ2) is 3.58. The van der Waals surface area contributed by atoms with E-state index in [9.17, 15) is 0 Å². The molecule has 0 aromatic heterocycles. The lowest BCUT2D eigenvalue weighted by atomic mass is 9.97. The third kappa shape index (κ3) is 1.75. The van der Waals surface area contributed by atoms with Crippen LogP contribution in [0.25, 0.3) is 0 Å². The summed E-state index contributed by atoms with van der Waals surface area (Å²) in [4.78, 5) is 2.62. The minimum atomic E-state index is 0.447. The van der Waals surface area contributed by atoms with Crippen molar-refractivity contribution in [3.05, 3.63) is 0 Å². The van der Waals surface area contributed by atoms with Crippen LogP contribution in [0.3, 0.4) is 0 Å². The van der Waals surface area contributed by atoms with Gasteiger partial charge in [0.05, 0.1) is 0 Å². The number of rotatable bonds is 1. The number of hydrogen-bond acceptors (Lipinski definition) is 2. The van der Waals surface area contributed by atoms with E-state index in [0.29, 0.717) is 6.04 Å². The van der Waals surface area contributed by atoms with Crippen molar-refractivity contribution in [1.82, 2.24) is 4.90 Å². The van der Waals surface area contributed by atoms with Crippen molar-refractivity contribution in [2.45, 2.75) is 45.2 Å². The second-order valence-corrected chi connectivity index (χ2v) is 5.02. The molecule has 0 radical (unpaired) electrons. The maximum Gasteiger partial charge on any atom is 0.0180 e. The Morgan fingerprint density at radius 3 is 2.38 bits per heavy atom. The topological polar surface area (TPSA) is 29.3 Å². The van der Waals surface area contributed by atoms with Gasteiger partial charge in [0.15, 0.2) is 0 Å². The summed E-state index contributed by atoms with van der Waals surface area (Å²) in [6, 6.07) is 1.28. The van der Waals surface area contributed by atoms with Crippen LogP contribution in [-0.4, -0.2) is 30.1 Å². The van der Waals surface area contributed by atoms with Crippen LogP contribution in [0.15, 0.2) is 0 Å². The molecule has 0 spiro atoms. The van der Waals surface area contributed by atoms with E-state index in [0.717, 1.165) is 24.4 Å². The van der Waals surface area contributed by atoms with E-state index in [1.54, 1.807) is 0 Å². The quantitative estimate of drug-likeness (QED) is 0.665. The number of hydrogen-bond donors (Lipinski definition) is 1. The smallest absolute Gasteiger partial charge is 0.0180 e. The molecule has 2 heteroatoms. The van der Waals surface area contributed by atoms with Crippen LogP contribution in [0, 0.1) is 11.8 Å². The summed E-state index contributed by atoms with van der Waals surface area (Å²) in [5.41, 5.74) is 5.93. The highest BCUT2D eigenvalue weighted by Gasteiger charge is 2.36. The summed E-state index contributed by atoms with van der Waals surface area (Å²) in [6.07, 6.45) is 4.02. The molecule has 13 heavy (non-hydrogen) atoms. The van der Waals surface area contributed by atoms with Gasteiger partial charge in [0.1, 0.15) is 0 Å². The molecule has 2 rings (SSSR count). The Bertz CT molecular complexity index is 181. The predicted octanol–water partition coefficient (Wildman–Crippen LogP) is 1.45. The normalized spacial score (nSPS) is 47.3. The molecule has 4 unspecified atom stereocenters. The molecule has 2 N–H and O–H groups in total. The third-order valence-corrected chi connectivity index (χ3v) is 4.15. The molecule has 4 atom stereocenters. The first-order valence-corrected chi connectivity index (χ1v) is 5.68. The van der Waals surface area contributed by atoms with Crippen LogP contribution in [0.4, 0.5) is 0 Å². The molecule has 1 aliphatic heterocycles. The zero-order chi connectivity index (χ0) is 9.42. The Morgan fingerprint density at radius 2 is 1.92 bits per heavy atom. The van der Waals surface area contributed by atoms with E-state index in [4.69, 9.17) is 5.73 Å². The van der Waals surface area contributed by atoms with Crippen LogP contribution < -0.4 is 5.73 Å². The fourth-order valence-corrected chi connectivity index (χ4v) is 2.97. The van der Waals surface area contributed by atoms with E-state index in [2.05, 4.69) is 18.7 Å². The molecular weight excluding hydrogens is 160 g/mol. The Balaban J connectivity index is 1.94. The highest BCUT2D eigenvalue weighted by molar-refractivity contribution is 4.91. The summed E-state index contributed by atoms with van der Waals surface area (Å²) >= 11 is 0. The van der Waals surface area contributed by atoms with Gasteiger partial charge in [0.25, 0.3) is 0 Å².